The van der Waals surface area contributed by atoms with Crippen molar-refractivity contribution in [3.05, 3.63) is 95.3 Å². The summed E-state index contributed by atoms with van der Waals surface area (Å²) in [5.74, 6) is 0.994. The van der Waals surface area contributed by atoms with Crippen LogP contribution in [0.5, 0.6) is 0 Å². The van der Waals surface area contributed by atoms with Crippen molar-refractivity contribution in [1.82, 2.24) is 24.6 Å². The first-order valence-corrected chi connectivity index (χ1v) is 12.9. The smallest absolute Gasteiger partial charge is 0.138 e. The summed E-state index contributed by atoms with van der Waals surface area (Å²) >= 11 is 0. The molecule has 188 valence electrons. The second kappa shape index (κ2) is 11.6. The number of aryl methyl sites for hydroxylation is 2. The van der Waals surface area contributed by atoms with Gasteiger partial charge in [-0.2, -0.15) is 0 Å². The Morgan fingerprint density at radius 2 is 1.75 bits per heavy atom. The van der Waals surface area contributed by atoms with Crippen LogP contribution in [0.1, 0.15) is 35.4 Å². The van der Waals surface area contributed by atoms with Crippen molar-refractivity contribution in [1.29, 1.82) is 0 Å². The van der Waals surface area contributed by atoms with Crippen LogP contribution in [0.4, 0.5) is 10.2 Å². The highest BCUT2D eigenvalue weighted by molar-refractivity contribution is 5.52. The van der Waals surface area contributed by atoms with Gasteiger partial charge in [0, 0.05) is 57.4 Å². The van der Waals surface area contributed by atoms with Gasteiger partial charge in [0.15, 0.2) is 0 Å². The minimum absolute atomic E-state index is 0.200. The topological polar surface area (TPSA) is 48.7 Å². The van der Waals surface area contributed by atoms with Gasteiger partial charge in [0.25, 0.3) is 0 Å². The number of imidazole rings is 1. The monoisotopic (exact) mass is 486 g/mol. The van der Waals surface area contributed by atoms with Crippen LogP contribution >= 0.6 is 0 Å². The lowest BCUT2D eigenvalue weighted by Crippen LogP contribution is -2.45. The molecule has 0 bridgehead atoms. The van der Waals surface area contributed by atoms with E-state index in [1.54, 1.807) is 12.1 Å². The molecule has 3 aromatic heterocycles. The molecule has 1 aliphatic heterocycles. The number of nitrogens with zero attached hydrogens (tertiary/aromatic N) is 5. The van der Waals surface area contributed by atoms with Gasteiger partial charge >= 0.3 is 0 Å². The summed E-state index contributed by atoms with van der Waals surface area (Å²) in [6, 6.07) is 17.2. The number of piperazine rings is 1. The van der Waals surface area contributed by atoms with Gasteiger partial charge in [-0.25, -0.2) is 9.37 Å². The summed E-state index contributed by atoms with van der Waals surface area (Å²) in [6.45, 7) is 5.49. The number of hydrogen-bond donors (Lipinski definition) is 1. The summed E-state index contributed by atoms with van der Waals surface area (Å²) in [5.41, 5.74) is 5.68. The summed E-state index contributed by atoms with van der Waals surface area (Å²) in [4.78, 5) is 13.8. The largest absolute Gasteiger partial charge is 0.355 e. The van der Waals surface area contributed by atoms with Crippen LogP contribution in [0.25, 0.3) is 5.65 Å². The van der Waals surface area contributed by atoms with Gasteiger partial charge in [-0.1, -0.05) is 24.3 Å². The summed E-state index contributed by atoms with van der Waals surface area (Å²) in [5, 5.41) is 3.35. The molecule has 1 fully saturated rings. The maximum atomic E-state index is 13.3. The van der Waals surface area contributed by atoms with E-state index >= 15 is 0 Å². The highest BCUT2D eigenvalue weighted by Crippen LogP contribution is 2.20. The number of pyridine rings is 2. The predicted molar refractivity (Wildman–Crippen MR) is 143 cm³/mol. The van der Waals surface area contributed by atoms with Crippen molar-refractivity contribution in [2.75, 3.05) is 38.1 Å². The molecule has 36 heavy (non-hydrogen) atoms. The van der Waals surface area contributed by atoms with Gasteiger partial charge in [-0.15, -0.1) is 0 Å². The first-order valence-electron chi connectivity index (χ1n) is 12.9. The Morgan fingerprint density at radius 3 is 2.58 bits per heavy atom. The molecule has 1 N–H and O–H groups in total. The molecule has 0 amide bonds. The molecule has 1 saturated heterocycles. The Bertz CT molecular complexity index is 1250. The summed E-state index contributed by atoms with van der Waals surface area (Å²) in [7, 11) is 2.16. The van der Waals surface area contributed by atoms with Crippen LogP contribution in [0.3, 0.4) is 0 Å². The second-order valence-electron chi connectivity index (χ2n) is 9.68. The fourth-order valence-electron chi connectivity index (χ4n) is 4.94. The number of halogens is 1. The van der Waals surface area contributed by atoms with Crippen LogP contribution in [-0.4, -0.2) is 52.5 Å². The number of likely N-dealkylation sites (N-methyl/N-ethyl adjacent to an activating group) is 1. The number of hydrogen-bond acceptors (Lipinski definition) is 5. The predicted octanol–water partition coefficient (Wildman–Crippen LogP) is 4.48. The number of rotatable bonds is 5. The lowest BCUT2D eigenvalue weighted by Gasteiger charge is -2.34. The van der Waals surface area contributed by atoms with E-state index in [1.165, 1.54) is 48.8 Å². The molecule has 7 heteroatoms. The SMILES string of the molecule is CN1CCN(c2cccc3nc(CNCc4cccc(F)c4)cn23)CC1.c1cnc2c(c1)CCCC2. The van der Waals surface area contributed by atoms with Gasteiger partial charge in [-0.05, 0) is 74.2 Å². The van der Waals surface area contributed by atoms with E-state index in [-0.39, 0.29) is 5.82 Å². The molecule has 2 aliphatic rings. The normalized spacial score (nSPS) is 15.9. The Labute approximate surface area is 212 Å². The second-order valence-corrected chi connectivity index (χ2v) is 9.68. The number of benzene rings is 1. The van der Waals surface area contributed by atoms with Gasteiger partial charge in [-0.3, -0.25) is 9.38 Å². The molecule has 0 unspecified atom stereocenters. The maximum absolute atomic E-state index is 13.3. The van der Waals surface area contributed by atoms with Crippen molar-refractivity contribution < 1.29 is 4.39 Å². The van der Waals surface area contributed by atoms with Gasteiger partial charge in [0.2, 0.25) is 0 Å². The molecule has 6 nitrogen and oxygen atoms in total. The highest BCUT2D eigenvalue weighted by Gasteiger charge is 2.17. The number of aromatic nitrogens is 3. The zero-order valence-electron chi connectivity index (χ0n) is 21.0. The average molecular weight is 487 g/mol. The standard InChI is InChI=1S/C20H24FN5.C9H11N/c1-24-8-10-25(11-9-24)20-7-3-6-19-23-18(15-26(19)20)14-22-13-16-4-2-5-17(21)12-16;1-2-6-9-8(4-1)5-3-7-10-9/h2-7,12,15,22H,8-11,13-14H2,1H3;3,5,7H,1-2,4,6H2. The number of anilines is 1. The highest BCUT2D eigenvalue weighted by atomic mass is 19.1. The van der Waals surface area contributed by atoms with E-state index in [1.807, 2.05) is 24.4 Å². The molecule has 4 aromatic rings. The maximum Gasteiger partial charge on any atom is 0.138 e. The van der Waals surface area contributed by atoms with E-state index < -0.39 is 0 Å². The van der Waals surface area contributed by atoms with Gasteiger partial charge < -0.3 is 15.1 Å². The van der Waals surface area contributed by atoms with Gasteiger partial charge in [0.05, 0.1) is 5.69 Å². The molecular weight excluding hydrogens is 451 g/mol. The van der Waals surface area contributed by atoms with Crippen LogP contribution < -0.4 is 10.2 Å². The third-order valence-corrected chi connectivity index (χ3v) is 6.97. The van der Waals surface area contributed by atoms with Crippen LogP contribution in [0.2, 0.25) is 0 Å². The number of nitrogens with one attached hydrogen (secondary N) is 1. The minimum Gasteiger partial charge on any atom is -0.355 e. The van der Waals surface area contributed by atoms with Crippen molar-refractivity contribution in [2.24, 2.45) is 0 Å². The Morgan fingerprint density at radius 1 is 0.917 bits per heavy atom. The molecule has 0 saturated carbocycles. The third-order valence-electron chi connectivity index (χ3n) is 6.97. The summed E-state index contributed by atoms with van der Waals surface area (Å²) < 4.78 is 15.4. The van der Waals surface area contributed by atoms with E-state index in [2.05, 4.69) is 55.9 Å². The molecular formula is C29H35FN6. The van der Waals surface area contributed by atoms with Crippen LogP contribution in [0, 0.1) is 5.82 Å². The van der Waals surface area contributed by atoms with E-state index in [0.29, 0.717) is 13.1 Å². The van der Waals surface area contributed by atoms with Crippen LogP contribution in [-0.2, 0) is 25.9 Å². The molecule has 0 radical (unpaired) electrons. The fourth-order valence-corrected chi connectivity index (χ4v) is 4.94. The lowest BCUT2D eigenvalue weighted by molar-refractivity contribution is 0.312. The van der Waals surface area contributed by atoms with E-state index in [4.69, 9.17) is 4.98 Å². The van der Waals surface area contributed by atoms with E-state index in [9.17, 15) is 4.39 Å². The molecule has 6 rings (SSSR count). The quantitative estimate of drug-likeness (QED) is 0.451. The van der Waals surface area contributed by atoms with Crippen molar-refractivity contribution in [3.63, 3.8) is 0 Å². The molecule has 4 heterocycles. The first-order chi connectivity index (χ1) is 17.7. The van der Waals surface area contributed by atoms with E-state index in [0.717, 1.165) is 43.1 Å². The van der Waals surface area contributed by atoms with Gasteiger partial charge in [0.1, 0.15) is 17.3 Å². The molecule has 1 aliphatic carbocycles. The molecule has 0 atom stereocenters. The lowest BCUT2D eigenvalue weighted by atomic mass is 9.96. The Balaban J connectivity index is 0.000000222. The Kier molecular flexibility index (Phi) is 7.88. The zero-order valence-corrected chi connectivity index (χ0v) is 21.0. The summed E-state index contributed by atoms with van der Waals surface area (Å²) in [6.07, 6.45) is 9.09. The average Bonchev–Trinajstić information content (AvgIpc) is 3.33. The Hall–Kier alpha value is -3.29. The molecule has 0 spiro atoms. The van der Waals surface area contributed by atoms with Crippen molar-refractivity contribution in [3.8, 4) is 0 Å². The molecule has 1 aromatic carbocycles. The van der Waals surface area contributed by atoms with Crippen molar-refractivity contribution >= 4 is 11.5 Å². The number of fused-ring (bicyclic) bond motifs is 2. The first kappa shape index (κ1) is 24.4. The minimum atomic E-state index is -0.200. The van der Waals surface area contributed by atoms with Crippen LogP contribution in [0.15, 0.2) is 67.0 Å². The third kappa shape index (κ3) is 6.09. The van der Waals surface area contributed by atoms with Crippen molar-refractivity contribution in [2.45, 2.75) is 38.8 Å². The zero-order chi connectivity index (χ0) is 24.7. The fraction of sp³-hybridized carbons (Fsp3) is 0.379.